The molecule has 0 saturated heterocycles. The van der Waals surface area contributed by atoms with Crippen molar-refractivity contribution < 1.29 is 9.59 Å². The summed E-state index contributed by atoms with van der Waals surface area (Å²) in [5, 5.41) is 6.86. The highest BCUT2D eigenvalue weighted by Gasteiger charge is 2.54. The van der Waals surface area contributed by atoms with Crippen molar-refractivity contribution in [2.45, 2.75) is 84.1 Å². The van der Waals surface area contributed by atoms with E-state index < -0.39 is 0 Å². The van der Waals surface area contributed by atoms with E-state index in [1.165, 1.54) is 32.1 Å². The first-order valence-corrected chi connectivity index (χ1v) is 12.4. The van der Waals surface area contributed by atoms with Crippen molar-refractivity contribution >= 4 is 29.1 Å². The molecule has 168 valence electrons. The molecule has 0 spiro atoms. The smallest absolute Gasteiger partial charge is 0.240 e. The standard InChI is InChI=1S/C23H38N4O2S/c1-14-4-3-5-19(15(14)2)25-22(30)27-26-20(28)6-7-24-21(29)23-11-16-8-17(12-23)10-18(9-16)13-23/h14-19H,3-13H2,1-2H3,(H,24,29)(H,26,28)(H2,25,27,30)/t14-,15+,16?,17?,18?,19+,23?/m0/s1. The van der Waals surface area contributed by atoms with E-state index in [1.807, 2.05) is 0 Å². The minimum atomic E-state index is -0.157. The number of carbonyl (C=O) groups excluding carboxylic acids is 2. The Bertz CT molecular complexity index is 647. The van der Waals surface area contributed by atoms with Gasteiger partial charge in [-0.3, -0.25) is 20.4 Å². The number of rotatable bonds is 5. The first kappa shape index (κ1) is 21.8. The van der Waals surface area contributed by atoms with E-state index in [0.29, 0.717) is 29.5 Å². The summed E-state index contributed by atoms with van der Waals surface area (Å²) in [5.41, 5.74) is 5.33. The van der Waals surface area contributed by atoms with E-state index in [-0.39, 0.29) is 23.7 Å². The van der Waals surface area contributed by atoms with E-state index in [4.69, 9.17) is 12.2 Å². The van der Waals surface area contributed by atoms with Crippen LogP contribution in [0.2, 0.25) is 0 Å². The number of hydrogen-bond donors (Lipinski definition) is 4. The third-order valence-corrected chi connectivity index (χ3v) is 8.72. The molecular weight excluding hydrogens is 396 g/mol. The summed E-state index contributed by atoms with van der Waals surface area (Å²) in [6.07, 6.45) is 11.0. The van der Waals surface area contributed by atoms with Gasteiger partial charge >= 0.3 is 0 Å². The Balaban J connectivity index is 1.14. The topological polar surface area (TPSA) is 82.3 Å². The van der Waals surface area contributed by atoms with Gasteiger partial charge < -0.3 is 10.6 Å². The van der Waals surface area contributed by atoms with E-state index in [0.717, 1.165) is 43.4 Å². The van der Waals surface area contributed by atoms with Crippen LogP contribution >= 0.6 is 12.2 Å². The molecule has 6 nitrogen and oxygen atoms in total. The summed E-state index contributed by atoms with van der Waals surface area (Å²) < 4.78 is 0. The Kier molecular flexibility index (Phi) is 6.56. The number of hydrazine groups is 1. The van der Waals surface area contributed by atoms with Crippen molar-refractivity contribution in [2.75, 3.05) is 6.54 Å². The molecule has 7 heteroatoms. The van der Waals surface area contributed by atoms with Gasteiger partial charge in [0.05, 0.1) is 0 Å². The largest absolute Gasteiger partial charge is 0.358 e. The Labute approximate surface area is 186 Å². The number of amides is 2. The lowest BCUT2D eigenvalue weighted by Gasteiger charge is -2.55. The van der Waals surface area contributed by atoms with Crippen LogP contribution in [0.1, 0.15) is 78.1 Å². The molecule has 30 heavy (non-hydrogen) atoms. The molecule has 5 saturated carbocycles. The Morgan fingerprint density at radius 3 is 2.23 bits per heavy atom. The van der Waals surface area contributed by atoms with Crippen LogP contribution < -0.4 is 21.5 Å². The van der Waals surface area contributed by atoms with Crippen molar-refractivity contribution in [3.05, 3.63) is 0 Å². The van der Waals surface area contributed by atoms with Gasteiger partial charge in [-0.1, -0.05) is 26.7 Å². The maximum atomic E-state index is 12.9. The Hall–Kier alpha value is -1.37. The highest BCUT2D eigenvalue weighted by Crippen LogP contribution is 2.60. The van der Waals surface area contributed by atoms with Gasteiger partial charge in [-0.2, -0.15) is 0 Å². The van der Waals surface area contributed by atoms with Gasteiger partial charge in [0.15, 0.2) is 5.11 Å². The van der Waals surface area contributed by atoms with Gasteiger partial charge in [-0.05, 0) is 86.8 Å². The fraction of sp³-hybridized carbons (Fsp3) is 0.870. The molecule has 0 aliphatic heterocycles. The lowest BCUT2D eigenvalue weighted by molar-refractivity contribution is -0.146. The molecule has 4 bridgehead atoms. The van der Waals surface area contributed by atoms with E-state index in [1.54, 1.807) is 0 Å². The van der Waals surface area contributed by atoms with Crippen molar-refractivity contribution in [1.29, 1.82) is 0 Å². The zero-order chi connectivity index (χ0) is 21.3. The van der Waals surface area contributed by atoms with Crippen LogP contribution in [-0.4, -0.2) is 29.5 Å². The lowest BCUT2D eigenvalue weighted by Crippen LogP contribution is -2.54. The minimum absolute atomic E-state index is 0.150. The Morgan fingerprint density at radius 2 is 1.60 bits per heavy atom. The fourth-order valence-electron chi connectivity index (χ4n) is 7.04. The average Bonchev–Trinajstić information content (AvgIpc) is 2.69. The molecule has 5 rings (SSSR count). The van der Waals surface area contributed by atoms with Crippen LogP contribution in [-0.2, 0) is 9.59 Å². The second kappa shape index (κ2) is 9.01. The van der Waals surface area contributed by atoms with Crippen molar-refractivity contribution in [1.82, 2.24) is 21.5 Å². The number of carbonyl (C=O) groups is 2. The molecule has 0 unspecified atom stereocenters. The van der Waals surface area contributed by atoms with Gasteiger partial charge in [0.1, 0.15) is 0 Å². The molecule has 5 aliphatic rings. The maximum Gasteiger partial charge on any atom is 0.240 e. The van der Waals surface area contributed by atoms with Crippen molar-refractivity contribution in [3.8, 4) is 0 Å². The summed E-state index contributed by atoms with van der Waals surface area (Å²) in [4.78, 5) is 25.1. The monoisotopic (exact) mass is 434 g/mol. The van der Waals surface area contributed by atoms with Crippen molar-refractivity contribution in [2.24, 2.45) is 35.0 Å². The molecule has 0 heterocycles. The number of hydrogen-bond acceptors (Lipinski definition) is 3. The SMILES string of the molecule is C[C@@H]1[C@@H](C)CCC[C@H]1NC(=S)NNC(=O)CCNC(=O)C12CC3CC(CC(C3)C1)C2. The van der Waals surface area contributed by atoms with Gasteiger partial charge in [0, 0.05) is 24.4 Å². The molecule has 2 amide bonds. The van der Waals surface area contributed by atoms with E-state index in [9.17, 15) is 9.59 Å². The zero-order valence-electron chi connectivity index (χ0n) is 18.5. The van der Waals surface area contributed by atoms with E-state index in [2.05, 4.69) is 35.3 Å². The molecule has 3 atom stereocenters. The molecule has 0 aromatic carbocycles. The van der Waals surface area contributed by atoms with Crippen LogP contribution in [0.15, 0.2) is 0 Å². The Morgan fingerprint density at radius 1 is 0.967 bits per heavy atom. The summed E-state index contributed by atoms with van der Waals surface area (Å²) in [7, 11) is 0. The molecular formula is C23H38N4O2S. The predicted octanol–water partition coefficient (Wildman–Crippen LogP) is 3.03. The molecule has 5 aliphatic carbocycles. The number of thiocarbonyl (C=S) groups is 1. The first-order chi connectivity index (χ1) is 14.3. The first-order valence-electron chi connectivity index (χ1n) is 12.0. The number of nitrogens with one attached hydrogen (secondary N) is 4. The van der Waals surface area contributed by atoms with Crippen LogP contribution in [0.5, 0.6) is 0 Å². The van der Waals surface area contributed by atoms with Crippen LogP contribution in [0, 0.1) is 35.0 Å². The zero-order valence-corrected chi connectivity index (χ0v) is 19.3. The van der Waals surface area contributed by atoms with Gasteiger partial charge in [-0.15, -0.1) is 0 Å². The van der Waals surface area contributed by atoms with E-state index >= 15 is 0 Å². The summed E-state index contributed by atoms with van der Waals surface area (Å²) in [5.74, 6) is 3.52. The summed E-state index contributed by atoms with van der Waals surface area (Å²) in [6, 6.07) is 0.352. The third-order valence-electron chi connectivity index (χ3n) is 8.50. The van der Waals surface area contributed by atoms with Crippen LogP contribution in [0.4, 0.5) is 0 Å². The van der Waals surface area contributed by atoms with Gasteiger partial charge in [0.25, 0.3) is 0 Å². The predicted molar refractivity (Wildman–Crippen MR) is 121 cm³/mol. The average molecular weight is 435 g/mol. The van der Waals surface area contributed by atoms with Crippen molar-refractivity contribution in [3.63, 3.8) is 0 Å². The minimum Gasteiger partial charge on any atom is -0.358 e. The quantitative estimate of drug-likeness (QED) is 0.395. The second-order valence-electron chi connectivity index (χ2n) is 10.7. The van der Waals surface area contributed by atoms with Crippen LogP contribution in [0.3, 0.4) is 0 Å². The highest BCUT2D eigenvalue weighted by molar-refractivity contribution is 7.80. The molecule has 0 radical (unpaired) electrons. The van der Waals surface area contributed by atoms with Gasteiger partial charge in [0.2, 0.25) is 11.8 Å². The molecule has 5 fully saturated rings. The van der Waals surface area contributed by atoms with Crippen LogP contribution in [0.25, 0.3) is 0 Å². The fourth-order valence-corrected chi connectivity index (χ4v) is 7.25. The third kappa shape index (κ3) is 4.76. The second-order valence-corrected chi connectivity index (χ2v) is 11.1. The lowest BCUT2D eigenvalue weighted by atomic mass is 9.49. The highest BCUT2D eigenvalue weighted by atomic mass is 32.1. The molecule has 0 aromatic rings. The summed E-state index contributed by atoms with van der Waals surface area (Å²) in [6.45, 7) is 4.93. The van der Waals surface area contributed by atoms with Gasteiger partial charge in [-0.25, -0.2) is 0 Å². The normalized spacial score (nSPS) is 39.3. The maximum absolute atomic E-state index is 12.9. The molecule has 4 N–H and O–H groups in total. The summed E-state index contributed by atoms with van der Waals surface area (Å²) >= 11 is 5.34. The molecule has 0 aromatic heterocycles.